The Balaban J connectivity index is 2.81. The van der Waals surface area contributed by atoms with Crippen molar-refractivity contribution in [1.82, 2.24) is 0 Å². The van der Waals surface area contributed by atoms with Crippen LogP contribution < -0.4 is 0 Å². The quantitative estimate of drug-likeness (QED) is 0.806. The van der Waals surface area contributed by atoms with Gasteiger partial charge in [0.15, 0.2) is 11.5 Å². The Morgan fingerprint density at radius 1 is 0.850 bits per heavy atom. The van der Waals surface area contributed by atoms with Crippen LogP contribution in [-0.2, 0) is 19.3 Å². The lowest BCUT2D eigenvalue weighted by atomic mass is 9.87. The summed E-state index contributed by atoms with van der Waals surface area (Å²) in [5.74, 6) is 0.00188. The van der Waals surface area contributed by atoms with Crippen LogP contribution in [0.4, 0.5) is 0 Å². The third kappa shape index (κ3) is 2.38. The molecule has 2 aromatic rings. The largest absolute Gasteiger partial charge is 0.504 e. The maximum atomic E-state index is 10.2. The van der Waals surface area contributed by atoms with E-state index in [0.717, 1.165) is 29.5 Å². The number of phenols is 2. The van der Waals surface area contributed by atoms with Crippen LogP contribution in [0.3, 0.4) is 0 Å². The molecule has 0 saturated heterocycles. The summed E-state index contributed by atoms with van der Waals surface area (Å²) >= 11 is 0. The van der Waals surface area contributed by atoms with E-state index in [0.29, 0.717) is 6.42 Å². The summed E-state index contributed by atoms with van der Waals surface area (Å²) in [4.78, 5) is 0. The fourth-order valence-electron chi connectivity index (χ4n) is 2.80. The summed E-state index contributed by atoms with van der Waals surface area (Å²) in [7, 11) is 0. The minimum atomic E-state index is -0.0172. The Kier molecular flexibility index (Phi) is 4.33. The molecule has 0 spiro atoms. The monoisotopic (exact) mass is 270 g/mol. The first-order chi connectivity index (χ1) is 9.63. The van der Waals surface area contributed by atoms with Crippen molar-refractivity contribution in [1.29, 1.82) is 0 Å². The van der Waals surface area contributed by atoms with E-state index in [9.17, 15) is 10.2 Å². The van der Waals surface area contributed by atoms with E-state index >= 15 is 0 Å². The van der Waals surface area contributed by atoms with Crippen LogP contribution in [0.25, 0.3) is 11.1 Å². The zero-order chi connectivity index (χ0) is 14.7. The van der Waals surface area contributed by atoms with Gasteiger partial charge in [0.1, 0.15) is 0 Å². The lowest BCUT2D eigenvalue weighted by Crippen LogP contribution is -1.98. The number of rotatable bonds is 4. The van der Waals surface area contributed by atoms with Crippen LogP contribution in [0.15, 0.2) is 30.3 Å². The van der Waals surface area contributed by atoms with Gasteiger partial charge in [-0.3, -0.25) is 0 Å². The van der Waals surface area contributed by atoms with E-state index in [2.05, 4.69) is 26.0 Å². The van der Waals surface area contributed by atoms with Gasteiger partial charge in [-0.2, -0.15) is 0 Å². The van der Waals surface area contributed by atoms with Crippen molar-refractivity contribution < 1.29 is 10.2 Å². The van der Waals surface area contributed by atoms with Gasteiger partial charge in [0.25, 0.3) is 0 Å². The lowest BCUT2D eigenvalue weighted by molar-refractivity contribution is 0.399. The first-order valence-corrected chi connectivity index (χ1v) is 7.28. The fourth-order valence-corrected chi connectivity index (χ4v) is 2.80. The van der Waals surface area contributed by atoms with Gasteiger partial charge in [-0.25, -0.2) is 0 Å². The molecule has 2 N–H and O–H groups in total. The lowest BCUT2D eigenvalue weighted by Gasteiger charge is -2.18. The Bertz CT molecular complexity index is 615. The standard InChI is InChI=1S/C18H22O2/c1-4-12-9-7-8-10-15(12)17-13(5-2)11-16(19)18(20)14(17)6-3/h7-11,19-20H,4-6H2,1-3H3. The van der Waals surface area contributed by atoms with Crippen molar-refractivity contribution in [3.8, 4) is 22.6 Å². The van der Waals surface area contributed by atoms with Crippen molar-refractivity contribution in [2.75, 3.05) is 0 Å². The second-order valence-electron chi connectivity index (χ2n) is 4.97. The summed E-state index contributed by atoms with van der Waals surface area (Å²) in [6, 6.07) is 9.98. The molecule has 2 nitrogen and oxygen atoms in total. The molecule has 106 valence electrons. The highest BCUT2D eigenvalue weighted by Crippen LogP contribution is 2.41. The third-order valence-electron chi connectivity index (χ3n) is 3.86. The summed E-state index contributed by atoms with van der Waals surface area (Å²) in [6.45, 7) is 6.21. The van der Waals surface area contributed by atoms with E-state index in [1.165, 1.54) is 11.1 Å². The molecule has 0 aliphatic rings. The predicted molar refractivity (Wildman–Crippen MR) is 83.3 cm³/mol. The first-order valence-electron chi connectivity index (χ1n) is 7.28. The molecule has 20 heavy (non-hydrogen) atoms. The molecule has 0 aromatic heterocycles. The Morgan fingerprint density at radius 3 is 2.10 bits per heavy atom. The van der Waals surface area contributed by atoms with Crippen molar-refractivity contribution in [3.05, 3.63) is 47.0 Å². The molecular formula is C18H22O2. The summed E-state index contributed by atoms with van der Waals surface area (Å²) in [5, 5.41) is 20.1. The molecule has 0 unspecified atom stereocenters. The highest BCUT2D eigenvalue weighted by atomic mass is 16.3. The molecule has 0 atom stereocenters. The average Bonchev–Trinajstić information content (AvgIpc) is 2.49. The summed E-state index contributed by atoms with van der Waals surface area (Å²) < 4.78 is 0. The van der Waals surface area contributed by atoms with Gasteiger partial charge in [-0.15, -0.1) is 0 Å². The molecule has 2 aromatic carbocycles. The molecule has 2 rings (SSSR count). The van der Waals surface area contributed by atoms with Gasteiger partial charge in [-0.1, -0.05) is 45.0 Å². The molecular weight excluding hydrogens is 248 g/mol. The van der Waals surface area contributed by atoms with E-state index < -0.39 is 0 Å². The zero-order valence-corrected chi connectivity index (χ0v) is 12.4. The summed E-state index contributed by atoms with van der Waals surface area (Å²) in [6.07, 6.45) is 2.47. The van der Waals surface area contributed by atoms with E-state index in [4.69, 9.17) is 0 Å². The number of hydrogen-bond donors (Lipinski definition) is 2. The summed E-state index contributed by atoms with van der Waals surface area (Å²) in [5.41, 5.74) is 5.43. The Hall–Kier alpha value is -1.96. The van der Waals surface area contributed by atoms with E-state index in [-0.39, 0.29) is 11.5 Å². The van der Waals surface area contributed by atoms with Gasteiger partial charge >= 0.3 is 0 Å². The number of benzene rings is 2. The SMILES string of the molecule is CCc1ccccc1-c1c(CC)cc(O)c(O)c1CC. The van der Waals surface area contributed by atoms with Crippen molar-refractivity contribution in [2.45, 2.75) is 40.0 Å². The van der Waals surface area contributed by atoms with Gasteiger partial charge in [0.05, 0.1) is 0 Å². The zero-order valence-electron chi connectivity index (χ0n) is 12.4. The number of phenolic OH excluding ortho intramolecular Hbond substituents is 2. The van der Waals surface area contributed by atoms with Gasteiger partial charge in [0.2, 0.25) is 0 Å². The normalized spacial score (nSPS) is 10.8. The molecule has 0 radical (unpaired) electrons. The second kappa shape index (κ2) is 6.00. The molecule has 0 aliphatic heterocycles. The molecule has 0 aliphatic carbocycles. The molecule has 0 saturated carbocycles. The first kappa shape index (κ1) is 14.4. The molecule has 2 heteroatoms. The van der Waals surface area contributed by atoms with Gasteiger partial charge in [0, 0.05) is 5.56 Å². The maximum absolute atomic E-state index is 10.2. The molecule has 0 fully saturated rings. The highest BCUT2D eigenvalue weighted by molar-refractivity contribution is 5.78. The van der Waals surface area contributed by atoms with Crippen molar-refractivity contribution >= 4 is 0 Å². The minimum absolute atomic E-state index is 0.0172. The van der Waals surface area contributed by atoms with E-state index in [1.54, 1.807) is 6.07 Å². The fraction of sp³-hybridized carbons (Fsp3) is 0.333. The number of aryl methyl sites for hydroxylation is 2. The van der Waals surface area contributed by atoms with E-state index in [1.807, 2.05) is 19.1 Å². The van der Waals surface area contributed by atoms with Crippen LogP contribution in [0.1, 0.15) is 37.5 Å². The van der Waals surface area contributed by atoms with Crippen LogP contribution >= 0.6 is 0 Å². The van der Waals surface area contributed by atoms with Crippen LogP contribution in [-0.4, -0.2) is 10.2 Å². The van der Waals surface area contributed by atoms with Crippen LogP contribution in [0.2, 0.25) is 0 Å². The van der Waals surface area contributed by atoms with Crippen LogP contribution in [0.5, 0.6) is 11.5 Å². The third-order valence-corrected chi connectivity index (χ3v) is 3.86. The van der Waals surface area contributed by atoms with Crippen molar-refractivity contribution in [2.24, 2.45) is 0 Å². The Morgan fingerprint density at radius 2 is 1.50 bits per heavy atom. The maximum Gasteiger partial charge on any atom is 0.161 e. The second-order valence-corrected chi connectivity index (χ2v) is 4.97. The number of hydrogen-bond acceptors (Lipinski definition) is 2. The van der Waals surface area contributed by atoms with Gasteiger partial charge < -0.3 is 10.2 Å². The van der Waals surface area contributed by atoms with Crippen LogP contribution in [0, 0.1) is 0 Å². The highest BCUT2D eigenvalue weighted by Gasteiger charge is 2.18. The smallest absolute Gasteiger partial charge is 0.161 e. The predicted octanol–water partition coefficient (Wildman–Crippen LogP) is 4.45. The van der Waals surface area contributed by atoms with Gasteiger partial charge in [-0.05, 0) is 47.6 Å². The number of aromatic hydroxyl groups is 2. The average molecular weight is 270 g/mol. The molecule has 0 amide bonds. The molecule has 0 heterocycles. The van der Waals surface area contributed by atoms with Crippen molar-refractivity contribution in [3.63, 3.8) is 0 Å². The topological polar surface area (TPSA) is 40.5 Å². The minimum Gasteiger partial charge on any atom is -0.504 e. The molecule has 0 bridgehead atoms. The Labute approximate surface area is 120 Å².